The Morgan fingerprint density at radius 3 is 2.21 bits per heavy atom. The SMILES string of the molecule is N#C/C(=C/N1CCN(c2ccccc2)CC1)C(=O)Nc1ccc(S(N)(=O)=O)cc1. The maximum absolute atomic E-state index is 12.4. The van der Waals surface area contributed by atoms with Crippen LogP contribution in [0.15, 0.2) is 71.3 Å². The highest BCUT2D eigenvalue weighted by atomic mass is 32.2. The van der Waals surface area contributed by atoms with Crippen molar-refractivity contribution in [3.63, 3.8) is 0 Å². The van der Waals surface area contributed by atoms with Gasteiger partial charge in [-0.3, -0.25) is 4.79 Å². The van der Waals surface area contributed by atoms with Gasteiger partial charge in [0.2, 0.25) is 10.0 Å². The number of sulfonamides is 1. The highest BCUT2D eigenvalue weighted by Gasteiger charge is 2.18. The lowest BCUT2D eigenvalue weighted by Gasteiger charge is -2.35. The van der Waals surface area contributed by atoms with E-state index >= 15 is 0 Å². The van der Waals surface area contributed by atoms with E-state index in [1.54, 1.807) is 6.20 Å². The first-order chi connectivity index (χ1) is 13.9. The van der Waals surface area contributed by atoms with Crippen LogP contribution in [0.25, 0.3) is 0 Å². The lowest BCUT2D eigenvalue weighted by Crippen LogP contribution is -2.44. The number of amides is 1. The van der Waals surface area contributed by atoms with Gasteiger partial charge in [-0.15, -0.1) is 0 Å². The number of nitrogens with zero attached hydrogens (tertiary/aromatic N) is 3. The molecule has 8 nitrogen and oxygen atoms in total. The van der Waals surface area contributed by atoms with E-state index in [0.717, 1.165) is 18.8 Å². The number of hydrogen-bond donors (Lipinski definition) is 2. The summed E-state index contributed by atoms with van der Waals surface area (Å²) in [5, 5.41) is 17.0. The summed E-state index contributed by atoms with van der Waals surface area (Å²) >= 11 is 0. The Bertz CT molecular complexity index is 1040. The van der Waals surface area contributed by atoms with Crippen molar-refractivity contribution in [2.24, 2.45) is 5.14 Å². The van der Waals surface area contributed by atoms with Crippen LogP contribution in [0.5, 0.6) is 0 Å². The Morgan fingerprint density at radius 1 is 1.03 bits per heavy atom. The number of nitrogens with one attached hydrogen (secondary N) is 1. The first kappa shape index (κ1) is 20.4. The summed E-state index contributed by atoms with van der Waals surface area (Å²) in [7, 11) is -3.80. The highest BCUT2D eigenvalue weighted by Crippen LogP contribution is 2.17. The van der Waals surface area contributed by atoms with Gasteiger partial charge >= 0.3 is 0 Å². The standard InChI is InChI=1S/C20H21N5O3S/c21-14-16(20(26)23-17-6-8-19(9-7-17)29(22,27)28)15-24-10-12-25(13-11-24)18-4-2-1-3-5-18/h1-9,15H,10-13H2,(H,23,26)(H2,22,27,28)/b16-15-. The molecule has 0 atom stereocenters. The van der Waals surface area contributed by atoms with Crippen LogP contribution in [-0.4, -0.2) is 45.4 Å². The molecule has 0 aliphatic carbocycles. The van der Waals surface area contributed by atoms with E-state index in [1.807, 2.05) is 29.2 Å². The molecule has 1 aliphatic rings. The fraction of sp³-hybridized carbons (Fsp3) is 0.200. The van der Waals surface area contributed by atoms with Gasteiger partial charge in [0.25, 0.3) is 5.91 Å². The number of carbonyl (C=O) groups excluding carboxylic acids is 1. The van der Waals surface area contributed by atoms with Crippen LogP contribution in [0, 0.1) is 11.3 Å². The Balaban J connectivity index is 1.61. The Morgan fingerprint density at radius 2 is 1.66 bits per heavy atom. The molecule has 150 valence electrons. The van der Waals surface area contributed by atoms with Crippen LogP contribution >= 0.6 is 0 Å². The molecule has 9 heteroatoms. The summed E-state index contributed by atoms with van der Waals surface area (Å²) in [6.07, 6.45) is 1.57. The molecule has 0 spiro atoms. The third-order valence-electron chi connectivity index (χ3n) is 4.55. The second kappa shape index (κ2) is 8.77. The minimum Gasteiger partial charge on any atom is -0.373 e. The van der Waals surface area contributed by atoms with Gasteiger partial charge in [0.05, 0.1) is 4.90 Å². The lowest BCUT2D eigenvalue weighted by atomic mass is 10.2. The summed E-state index contributed by atoms with van der Waals surface area (Å²) < 4.78 is 22.6. The molecule has 1 fully saturated rings. The molecule has 1 aliphatic heterocycles. The smallest absolute Gasteiger partial charge is 0.267 e. The van der Waals surface area contributed by atoms with Crippen LogP contribution in [0.1, 0.15) is 0 Å². The zero-order valence-corrected chi connectivity index (χ0v) is 16.5. The molecule has 0 bridgehead atoms. The molecule has 2 aromatic carbocycles. The van der Waals surface area contributed by atoms with E-state index in [0.29, 0.717) is 18.8 Å². The molecular weight excluding hydrogens is 390 g/mol. The van der Waals surface area contributed by atoms with Crippen LogP contribution in [0.4, 0.5) is 11.4 Å². The average molecular weight is 411 g/mol. The number of para-hydroxylation sites is 1. The number of carbonyl (C=O) groups is 1. The van der Waals surface area contributed by atoms with Crippen molar-refractivity contribution in [3.8, 4) is 6.07 Å². The molecular formula is C20H21N5O3S. The Hall–Kier alpha value is -3.35. The summed E-state index contributed by atoms with van der Waals surface area (Å²) in [6.45, 7) is 2.96. The van der Waals surface area contributed by atoms with Gasteiger partial charge < -0.3 is 15.1 Å². The van der Waals surface area contributed by atoms with Crippen molar-refractivity contribution in [1.29, 1.82) is 5.26 Å². The van der Waals surface area contributed by atoms with Gasteiger partial charge in [0.15, 0.2) is 0 Å². The number of primary sulfonamides is 1. The topological polar surface area (TPSA) is 120 Å². The van der Waals surface area contributed by atoms with Gasteiger partial charge in [-0.1, -0.05) is 18.2 Å². The molecule has 0 radical (unpaired) electrons. The maximum Gasteiger partial charge on any atom is 0.267 e. The maximum atomic E-state index is 12.4. The zero-order valence-electron chi connectivity index (χ0n) is 15.7. The van der Waals surface area contributed by atoms with Gasteiger partial charge in [0, 0.05) is 43.8 Å². The molecule has 29 heavy (non-hydrogen) atoms. The van der Waals surface area contributed by atoms with Crippen LogP contribution in [-0.2, 0) is 14.8 Å². The summed E-state index contributed by atoms with van der Waals surface area (Å²) in [4.78, 5) is 16.5. The quantitative estimate of drug-likeness (QED) is 0.568. The molecule has 3 rings (SSSR count). The van der Waals surface area contributed by atoms with Crippen LogP contribution in [0.3, 0.4) is 0 Å². The fourth-order valence-corrected chi connectivity index (χ4v) is 3.51. The van der Waals surface area contributed by atoms with E-state index in [-0.39, 0.29) is 10.5 Å². The molecule has 3 N–H and O–H groups in total. The van der Waals surface area contributed by atoms with Gasteiger partial charge in [-0.2, -0.15) is 5.26 Å². The van der Waals surface area contributed by atoms with E-state index in [9.17, 15) is 18.5 Å². The monoisotopic (exact) mass is 411 g/mol. The van der Waals surface area contributed by atoms with E-state index < -0.39 is 15.9 Å². The van der Waals surface area contributed by atoms with E-state index in [4.69, 9.17) is 5.14 Å². The average Bonchev–Trinajstić information content (AvgIpc) is 2.73. The van der Waals surface area contributed by atoms with E-state index in [1.165, 1.54) is 24.3 Å². The summed E-state index contributed by atoms with van der Waals surface area (Å²) in [5.41, 5.74) is 1.50. The number of hydrogen-bond acceptors (Lipinski definition) is 6. The number of piperazine rings is 1. The Labute approximate surface area is 169 Å². The van der Waals surface area contributed by atoms with Gasteiger partial charge in [0.1, 0.15) is 11.6 Å². The van der Waals surface area contributed by atoms with Crippen molar-refractivity contribution in [3.05, 3.63) is 66.4 Å². The van der Waals surface area contributed by atoms with Gasteiger partial charge in [-0.25, -0.2) is 13.6 Å². The number of nitrogens with two attached hydrogens (primary N) is 1. The second-order valence-electron chi connectivity index (χ2n) is 6.54. The van der Waals surface area contributed by atoms with E-state index in [2.05, 4.69) is 22.3 Å². The highest BCUT2D eigenvalue weighted by molar-refractivity contribution is 7.89. The zero-order chi connectivity index (χ0) is 20.9. The first-order valence-corrected chi connectivity index (χ1v) is 10.5. The third-order valence-corrected chi connectivity index (χ3v) is 5.48. The largest absolute Gasteiger partial charge is 0.373 e. The second-order valence-corrected chi connectivity index (χ2v) is 8.10. The van der Waals surface area contributed by atoms with Gasteiger partial charge in [-0.05, 0) is 36.4 Å². The molecule has 0 saturated carbocycles. The Kier molecular flexibility index (Phi) is 6.16. The molecule has 1 amide bonds. The number of rotatable bonds is 5. The lowest BCUT2D eigenvalue weighted by molar-refractivity contribution is -0.112. The fourth-order valence-electron chi connectivity index (χ4n) is 3.00. The third kappa shape index (κ3) is 5.34. The predicted octanol–water partition coefficient (Wildman–Crippen LogP) is 1.50. The van der Waals surface area contributed by atoms with Crippen LogP contribution in [0.2, 0.25) is 0 Å². The number of nitriles is 1. The molecule has 0 unspecified atom stereocenters. The molecule has 1 heterocycles. The molecule has 1 saturated heterocycles. The van der Waals surface area contributed by atoms with Crippen molar-refractivity contribution >= 4 is 27.3 Å². The number of anilines is 2. The summed E-state index contributed by atoms with van der Waals surface area (Å²) in [6, 6.07) is 17.4. The molecule has 2 aromatic rings. The molecule has 0 aromatic heterocycles. The van der Waals surface area contributed by atoms with Crippen LogP contribution < -0.4 is 15.4 Å². The minimum atomic E-state index is -3.80. The van der Waals surface area contributed by atoms with Crippen molar-refractivity contribution in [2.45, 2.75) is 4.90 Å². The van der Waals surface area contributed by atoms with Crippen molar-refractivity contribution < 1.29 is 13.2 Å². The van der Waals surface area contributed by atoms with Crippen molar-refractivity contribution in [2.75, 3.05) is 36.4 Å². The summed E-state index contributed by atoms with van der Waals surface area (Å²) in [5.74, 6) is -0.554. The predicted molar refractivity (Wildman–Crippen MR) is 110 cm³/mol. The van der Waals surface area contributed by atoms with Crippen molar-refractivity contribution in [1.82, 2.24) is 4.90 Å². The number of benzene rings is 2. The first-order valence-electron chi connectivity index (χ1n) is 8.97. The normalized spacial score (nSPS) is 15.0. The minimum absolute atomic E-state index is 0.0197.